The summed E-state index contributed by atoms with van der Waals surface area (Å²) in [4.78, 5) is 0. The first kappa shape index (κ1) is 11.1. The molecule has 3 nitrogen and oxygen atoms in total. The van der Waals surface area contributed by atoms with Crippen LogP contribution in [0.1, 0.15) is 26.2 Å². The highest BCUT2D eigenvalue weighted by Gasteiger charge is 2.25. The summed E-state index contributed by atoms with van der Waals surface area (Å²) >= 11 is 0. The van der Waals surface area contributed by atoms with Gasteiger partial charge in [0.2, 0.25) is 0 Å². The molecular formula is C9H19N2OP. The Bertz CT molecular complexity index is 184. The van der Waals surface area contributed by atoms with Crippen molar-refractivity contribution in [2.45, 2.75) is 38.3 Å². The second-order valence-electron chi connectivity index (χ2n) is 3.58. The van der Waals surface area contributed by atoms with Crippen molar-refractivity contribution >= 4 is 15.1 Å². The highest BCUT2D eigenvalue weighted by molar-refractivity contribution is 7.15. The van der Waals surface area contributed by atoms with Crippen LogP contribution in [-0.4, -0.2) is 31.5 Å². The third-order valence-electron chi connectivity index (χ3n) is 2.41. The summed E-state index contributed by atoms with van der Waals surface area (Å²) in [5.41, 5.74) is 1.29. The minimum Gasteiger partial charge on any atom is -0.385 e. The lowest BCUT2D eigenvalue weighted by molar-refractivity contribution is 0.191. The largest absolute Gasteiger partial charge is 0.385 e. The van der Waals surface area contributed by atoms with E-state index in [4.69, 9.17) is 4.74 Å². The first-order valence-electron chi connectivity index (χ1n) is 4.79. The van der Waals surface area contributed by atoms with E-state index < -0.39 is 0 Å². The zero-order valence-corrected chi connectivity index (χ0v) is 9.57. The van der Waals surface area contributed by atoms with Crippen molar-refractivity contribution in [1.29, 1.82) is 0 Å². The summed E-state index contributed by atoms with van der Waals surface area (Å²) in [6.07, 6.45) is 3.32. The molecule has 0 bridgehead atoms. The molecule has 0 saturated carbocycles. The van der Waals surface area contributed by atoms with Crippen LogP contribution < -0.4 is 5.32 Å². The van der Waals surface area contributed by atoms with Gasteiger partial charge in [-0.15, -0.1) is 0 Å². The number of rotatable bonds is 4. The van der Waals surface area contributed by atoms with Crippen LogP contribution in [0.25, 0.3) is 0 Å². The SMILES string of the molecule is COCCC[C@H]1N[C@@H](C)CC1=NP. The maximum absolute atomic E-state index is 5.02. The van der Waals surface area contributed by atoms with Gasteiger partial charge in [0.25, 0.3) is 0 Å². The second kappa shape index (κ2) is 5.69. The van der Waals surface area contributed by atoms with E-state index in [2.05, 4.69) is 26.4 Å². The number of ether oxygens (including phenoxy) is 1. The van der Waals surface area contributed by atoms with Gasteiger partial charge in [0.1, 0.15) is 0 Å². The van der Waals surface area contributed by atoms with Crippen molar-refractivity contribution in [1.82, 2.24) is 5.32 Å². The maximum atomic E-state index is 5.02. The summed E-state index contributed by atoms with van der Waals surface area (Å²) in [6.45, 7) is 3.04. The summed E-state index contributed by atoms with van der Waals surface area (Å²) in [5.74, 6) is 0. The molecule has 76 valence electrons. The summed E-state index contributed by atoms with van der Waals surface area (Å²) in [6, 6.07) is 1.05. The summed E-state index contributed by atoms with van der Waals surface area (Å²) in [5, 5.41) is 3.51. The van der Waals surface area contributed by atoms with Gasteiger partial charge < -0.3 is 10.1 Å². The van der Waals surface area contributed by atoms with Crippen molar-refractivity contribution in [2.75, 3.05) is 13.7 Å². The molecule has 1 aliphatic rings. The third-order valence-corrected chi connectivity index (χ3v) is 2.74. The smallest absolute Gasteiger partial charge is 0.0462 e. The van der Waals surface area contributed by atoms with Gasteiger partial charge in [-0.25, -0.2) is 0 Å². The topological polar surface area (TPSA) is 33.6 Å². The van der Waals surface area contributed by atoms with Gasteiger partial charge in [0.05, 0.1) is 0 Å². The van der Waals surface area contributed by atoms with Crippen LogP contribution in [0.3, 0.4) is 0 Å². The fraction of sp³-hybridized carbons (Fsp3) is 0.889. The van der Waals surface area contributed by atoms with Gasteiger partial charge in [-0.05, 0) is 29.2 Å². The number of hydrogen-bond acceptors (Lipinski definition) is 3. The third kappa shape index (κ3) is 3.34. The van der Waals surface area contributed by atoms with E-state index >= 15 is 0 Å². The van der Waals surface area contributed by atoms with E-state index in [0.717, 1.165) is 25.9 Å². The summed E-state index contributed by atoms with van der Waals surface area (Å²) in [7, 11) is 4.20. The molecule has 0 aromatic heterocycles. The first-order chi connectivity index (χ1) is 6.27. The minimum absolute atomic E-state index is 0.475. The van der Waals surface area contributed by atoms with Crippen LogP contribution in [0.2, 0.25) is 0 Å². The summed E-state index contributed by atoms with van der Waals surface area (Å²) < 4.78 is 9.25. The average Bonchev–Trinajstić information content (AvgIpc) is 2.47. The van der Waals surface area contributed by atoms with Crippen molar-refractivity contribution < 1.29 is 4.74 Å². The van der Waals surface area contributed by atoms with Crippen LogP contribution >= 0.6 is 9.39 Å². The van der Waals surface area contributed by atoms with E-state index in [0.29, 0.717) is 12.1 Å². The molecule has 0 spiro atoms. The Kier molecular flexibility index (Phi) is 4.86. The predicted molar refractivity (Wildman–Crippen MR) is 59.3 cm³/mol. The van der Waals surface area contributed by atoms with Crippen molar-refractivity contribution in [3.8, 4) is 0 Å². The van der Waals surface area contributed by atoms with Crippen LogP contribution in [0.5, 0.6) is 0 Å². The molecule has 0 aromatic carbocycles. The molecule has 1 saturated heterocycles. The Hall–Kier alpha value is 0.0200. The maximum Gasteiger partial charge on any atom is 0.0462 e. The number of methoxy groups -OCH3 is 1. The molecule has 1 fully saturated rings. The molecule has 0 radical (unpaired) electrons. The van der Waals surface area contributed by atoms with Gasteiger partial charge >= 0.3 is 0 Å². The standard InChI is InChI=1S/C9H19N2OP/c1-7-6-9(11-13)8(10-7)4-3-5-12-2/h7-8,10H,3-6,13H2,1-2H3/t7-,8+/m0/s1. The Morgan fingerprint density at radius 1 is 1.69 bits per heavy atom. The monoisotopic (exact) mass is 202 g/mol. The molecular weight excluding hydrogens is 183 g/mol. The highest BCUT2D eigenvalue weighted by Crippen LogP contribution is 2.15. The predicted octanol–water partition coefficient (Wildman–Crippen LogP) is 1.39. The Balaban J connectivity index is 2.32. The van der Waals surface area contributed by atoms with Gasteiger partial charge in [0.15, 0.2) is 0 Å². The molecule has 1 unspecified atom stereocenters. The van der Waals surface area contributed by atoms with E-state index in [1.165, 1.54) is 5.71 Å². The Labute approximate surface area is 82.6 Å². The normalized spacial score (nSPS) is 31.5. The fourth-order valence-electron chi connectivity index (χ4n) is 1.78. The molecule has 1 N–H and O–H groups in total. The van der Waals surface area contributed by atoms with E-state index in [-0.39, 0.29) is 0 Å². The molecule has 0 amide bonds. The number of nitrogens with one attached hydrogen (secondary N) is 1. The van der Waals surface area contributed by atoms with Gasteiger partial charge in [-0.1, -0.05) is 0 Å². The Morgan fingerprint density at radius 2 is 2.46 bits per heavy atom. The van der Waals surface area contributed by atoms with Crippen LogP contribution in [0.4, 0.5) is 0 Å². The van der Waals surface area contributed by atoms with Crippen molar-refractivity contribution in [2.24, 2.45) is 4.76 Å². The minimum atomic E-state index is 0.475. The lowest BCUT2D eigenvalue weighted by Crippen LogP contribution is -2.30. The van der Waals surface area contributed by atoms with E-state index in [9.17, 15) is 0 Å². The molecule has 1 rings (SSSR count). The van der Waals surface area contributed by atoms with E-state index in [1.807, 2.05) is 0 Å². The molecule has 13 heavy (non-hydrogen) atoms. The Morgan fingerprint density at radius 3 is 3.08 bits per heavy atom. The zero-order chi connectivity index (χ0) is 9.68. The molecule has 3 atom stereocenters. The molecule has 0 aromatic rings. The zero-order valence-electron chi connectivity index (χ0n) is 8.42. The first-order valence-corrected chi connectivity index (χ1v) is 5.31. The fourth-order valence-corrected chi connectivity index (χ4v) is 2.06. The molecule has 1 heterocycles. The van der Waals surface area contributed by atoms with E-state index in [1.54, 1.807) is 7.11 Å². The highest BCUT2D eigenvalue weighted by atomic mass is 31.0. The lowest BCUT2D eigenvalue weighted by atomic mass is 10.1. The lowest BCUT2D eigenvalue weighted by Gasteiger charge is -2.11. The number of nitrogens with zero attached hydrogens (tertiary/aromatic N) is 1. The van der Waals surface area contributed by atoms with Crippen molar-refractivity contribution in [3.05, 3.63) is 0 Å². The van der Waals surface area contributed by atoms with Gasteiger partial charge in [0, 0.05) is 37.9 Å². The van der Waals surface area contributed by atoms with Crippen LogP contribution in [-0.2, 0) is 4.74 Å². The van der Waals surface area contributed by atoms with Crippen molar-refractivity contribution in [3.63, 3.8) is 0 Å². The number of hydrogen-bond donors (Lipinski definition) is 1. The van der Waals surface area contributed by atoms with Crippen LogP contribution in [0.15, 0.2) is 4.76 Å². The average molecular weight is 202 g/mol. The molecule has 1 aliphatic heterocycles. The van der Waals surface area contributed by atoms with Crippen LogP contribution in [0, 0.1) is 0 Å². The molecule has 0 aliphatic carbocycles. The quantitative estimate of drug-likeness (QED) is 0.552. The second-order valence-corrected chi connectivity index (χ2v) is 3.84. The molecule has 4 heteroatoms. The van der Waals surface area contributed by atoms with Gasteiger partial charge in [-0.3, -0.25) is 4.76 Å². The van der Waals surface area contributed by atoms with Gasteiger partial charge in [-0.2, -0.15) is 0 Å².